The van der Waals surface area contributed by atoms with Crippen molar-refractivity contribution >= 4 is 6.03 Å². The van der Waals surface area contributed by atoms with Gasteiger partial charge in [0.1, 0.15) is 5.82 Å². The van der Waals surface area contributed by atoms with Gasteiger partial charge in [0.15, 0.2) is 0 Å². The maximum Gasteiger partial charge on any atom is 0.320 e. The number of aliphatic hydroxyl groups is 1. The molecule has 1 aliphatic heterocycles. The zero-order valence-corrected chi connectivity index (χ0v) is 16.9. The molecule has 2 aromatic rings. The van der Waals surface area contributed by atoms with E-state index >= 15 is 0 Å². The molecule has 1 saturated heterocycles. The van der Waals surface area contributed by atoms with Crippen molar-refractivity contribution in [1.82, 2.24) is 30.4 Å². The number of amides is 2. The Bertz CT molecular complexity index is 765. The molecule has 2 amide bonds. The third kappa shape index (κ3) is 6.39. The molecule has 1 unspecified atom stereocenters. The molecule has 29 heavy (non-hydrogen) atoms. The highest BCUT2D eigenvalue weighted by atomic mass is 16.3. The summed E-state index contributed by atoms with van der Waals surface area (Å²) in [6.45, 7) is 1.39. The van der Waals surface area contributed by atoms with Gasteiger partial charge in [-0.3, -0.25) is 0 Å². The number of aromatic nitrogens is 4. The van der Waals surface area contributed by atoms with Crippen molar-refractivity contribution in [2.75, 3.05) is 20.1 Å². The average molecular weight is 399 g/mol. The molecule has 0 spiro atoms. The molecule has 0 saturated carbocycles. The summed E-state index contributed by atoms with van der Waals surface area (Å²) in [5.74, 6) is 0.820. The number of urea groups is 1. The standard InChI is InChI=1S/C21H30N6O2/c1-26-16-18(12-13-19(28)15-17-9-5-4-6-10-17)27(21(26)29)14-8-3-2-7-11-20-22-24-25-23-20/h4-6,9-10,12-13,18-19,28H,2-3,7-8,11,14-16H2,1H3,(H,22,23,24,25)/b13-12+/t18-,19?/m0/s1. The van der Waals surface area contributed by atoms with E-state index < -0.39 is 6.10 Å². The Morgan fingerprint density at radius 1 is 1.24 bits per heavy atom. The SMILES string of the molecule is CN1C[C@H](/C=C/C(O)Cc2ccccc2)N(CCCCCCc2nnn[nH]2)C1=O. The van der Waals surface area contributed by atoms with Crippen LogP contribution in [0.25, 0.3) is 0 Å². The fourth-order valence-corrected chi connectivity index (χ4v) is 3.64. The zero-order chi connectivity index (χ0) is 20.5. The van der Waals surface area contributed by atoms with Crippen molar-refractivity contribution < 1.29 is 9.90 Å². The van der Waals surface area contributed by atoms with Gasteiger partial charge in [-0.1, -0.05) is 55.3 Å². The van der Waals surface area contributed by atoms with Crippen LogP contribution in [-0.2, 0) is 12.8 Å². The van der Waals surface area contributed by atoms with Crippen LogP contribution in [-0.4, -0.2) is 73.8 Å². The number of unbranched alkanes of at least 4 members (excludes halogenated alkanes) is 3. The minimum absolute atomic E-state index is 0.0122. The molecule has 8 nitrogen and oxygen atoms in total. The molecular formula is C21H30N6O2. The Labute approximate surface area is 171 Å². The van der Waals surface area contributed by atoms with Crippen molar-refractivity contribution in [3.63, 3.8) is 0 Å². The van der Waals surface area contributed by atoms with Crippen LogP contribution in [0.5, 0.6) is 0 Å². The molecule has 1 aromatic carbocycles. The number of benzene rings is 1. The van der Waals surface area contributed by atoms with Crippen molar-refractivity contribution in [2.24, 2.45) is 0 Å². The molecule has 2 atom stereocenters. The van der Waals surface area contributed by atoms with Gasteiger partial charge < -0.3 is 14.9 Å². The van der Waals surface area contributed by atoms with Crippen LogP contribution < -0.4 is 0 Å². The first-order valence-corrected chi connectivity index (χ1v) is 10.3. The fourth-order valence-electron chi connectivity index (χ4n) is 3.64. The highest BCUT2D eigenvalue weighted by Gasteiger charge is 2.32. The molecule has 1 fully saturated rings. The smallest absolute Gasteiger partial charge is 0.320 e. The summed E-state index contributed by atoms with van der Waals surface area (Å²) in [6, 6.07) is 10.0. The summed E-state index contributed by atoms with van der Waals surface area (Å²) in [6.07, 6.45) is 8.80. The number of nitrogens with zero attached hydrogens (tertiary/aromatic N) is 5. The van der Waals surface area contributed by atoms with Gasteiger partial charge in [-0.15, -0.1) is 5.10 Å². The number of aliphatic hydroxyl groups excluding tert-OH is 1. The van der Waals surface area contributed by atoms with Crippen molar-refractivity contribution in [1.29, 1.82) is 0 Å². The van der Waals surface area contributed by atoms with Gasteiger partial charge in [-0.2, -0.15) is 0 Å². The van der Waals surface area contributed by atoms with Gasteiger partial charge >= 0.3 is 6.03 Å². The number of aromatic amines is 1. The van der Waals surface area contributed by atoms with E-state index in [4.69, 9.17) is 0 Å². The van der Waals surface area contributed by atoms with Gasteiger partial charge in [0.25, 0.3) is 0 Å². The topological polar surface area (TPSA) is 98.2 Å². The molecular weight excluding hydrogens is 368 g/mol. The first kappa shape index (κ1) is 21.0. The van der Waals surface area contributed by atoms with Crippen LogP contribution in [0.3, 0.4) is 0 Å². The quantitative estimate of drug-likeness (QED) is 0.447. The lowest BCUT2D eigenvalue weighted by Gasteiger charge is -2.21. The molecule has 0 radical (unpaired) electrons. The number of aryl methyl sites for hydroxylation is 1. The van der Waals surface area contributed by atoms with E-state index in [2.05, 4.69) is 20.6 Å². The molecule has 3 rings (SSSR count). The Balaban J connectivity index is 1.41. The first-order chi connectivity index (χ1) is 14.1. The number of H-pyrrole nitrogens is 1. The number of likely N-dealkylation sites (N-methyl/N-ethyl adjacent to an activating group) is 1. The number of carbonyl (C=O) groups excluding carboxylic acids is 1. The van der Waals surface area contributed by atoms with Gasteiger partial charge in [0.05, 0.1) is 12.1 Å². The Morgan fingerprint density at radius 3 is 2.79 bits per heavy atom. The van der Waals surface area contributed by atoms with Crippen molar-refractivity contribution in [3.05, 3.63) is 53.9 Å². The van der Waals surface area contributed by atoms with E-state index in [1.54, 1.807) is 4.90 Å². The van der Waals surface area contributed by atoms with E-state index in [1.165, 1.54) is 0 Å². The minimum Gasteiger partial charge on any atom is -0.389 e. The highest BCUT2D eigenvalue weighted by molar-refractivity contribution is 5.77. The van der Waals surface area contributed by atoms with Crippen LogP contribution in [0.15, 0.2) is 42.5 Å². The Kier molecular flexibility index (Phi) is 7.75. The number of hydrogen-bond donors (Lipinski definition) is 2. The second-order valence-electron chi connectivity index (χ2n) is 7.58. The predicted molar refractivity (Wildman–Crippen MR) is 110 cm³/mol. The number of carbonyl (C=O) groups is 1. The van der Waals surface area contributed by atoms with E-state index in [1.807, 2.05) is 54.4 Å². The zero-order valence-electron chi connectivity index (χ0n) is 16.9. The van der Waals surface area contributed by atoms with Crippen molar-refractivity contribution in [2.45, 2.75) is 50.7 Å². The summed E-state index contributed by atoms with van der Waals surface area (Å²) in [4.78, 5) is 16.1. The van der Waals surface area contributed by atoms with E-state index in [0.717, 1.165) is 50.0 Å². The second-order valence-corrected chi connectivity index (χ2v) is 7.58. The van der Waals surface area contributed by atoms with Gasteiger partial charge in [0, 0.05) is 33.0 Å². The summed E-state index contributed by atoms with van der Waals surface area (Å²) in [5.41, 5.74) is 1.10. The lowest BCUT2D eigenvalue weighted by atomic mass is 10.1. The van der Waals surface area contributed by atoms with Crippen LogP contribution in [0.2, 0.25) is 0 Å². The summed E-state index contributed by atoms with van der Waals surface area (Å²) in [7, 11) is 1.83. The Morgan fingerprint density at radius 2 is 2.03 bits per heavy atom. The van der Waals surface area contributed by atoms with Crippen molar-refractivity contribution in [3.8, 4) is 0 Å². The Hall–Kier alpha value is -2.74. The molecule has 2 heterocycles. The van der Waals surface area contributed by atoms with Crippen LogP contribution >= 0.6 is 0 Å². The van der Waals surface area contributed by atoms with E-state index in [9.17, 15) is 9.90 Å². The summed E-state index contributed by atoms with van der Waals surface area (Å²) < 4.78 is 0. The van der Waals surface area contributed by atoms with Gasteiger partial charge in [-0.25, -0.2) is 9.89 Å². The predicted octanol–water partition coefficient (Wildman–Crippen LogP) is 2.20. The second kappa shape index (κ2) is 10.7. The molecule has 0 aliphatic carbocycles. The monoisotopic (exact) mass is 398 g/mol. The number of nitrogens with one attached hydrogen (secondary N) is 1. The third-order valence-corrected chi connectivity index (χ3v) is 5.23. The van der Waals surface area contributed by atoms with Gasteiger partial charge in [-0.05, 0) is 28.8 Å². The molecule has 156 valence electrons. The lowest BCUT2D eigenvalue weighted by Crippen LogP contribution is -2.34. The van der Waals surface area contributed by atoms with E-state index in [0.29, 0.717) is 13.0 Å². The summed E-state index contributed by atoms with van der Waals surface area (Å²) >= 11 is 0. The highest BCUT2D eigenvalue weighted by Crippen LogP contribution is 2.18. The van der Waals surface area contributed by atoms with Crippen LogP contribution in [0, 0.1) is 0 Å². The van der Waals surface area contributed by atoms with Gasteiger partial charge in [0.2, 0.25) is 0 Å². The average Bonchev–Trinajstić information content (AvgIpc) is 3.33. The van der Waals surface area contributed by atoms with Crippen LogP contribution in [0.4, 0.5) is 4.79 Å². The molecule has 8 heteroatoms. The molecule has 2 N–H and O–H groups in total. The number of hydrogen-bond acceptors (Lipinski definition) is 5. The maximum absolute atomic E-state index is 12.5. The number of rotatable bonds is 11. The summed E-state index contributed by atoms with van der Waals surface area (Å²) in [5, 5.41) is 24.1. The third-order valence-electron chi connectivity index (χ3n) is 5.23. The molecule has 1 aromatic heterocycles. The number of tetrazole rings is 1. The normalized spacial score (nSPS) is 18.1. The molecule has 0 bridgehead atoms. The lowest BCUT2D eigenvalue weighted by molar-refractivity contribution is 0.193. The maximum atomic E-state index is 12.5. The van der Waals surface area contributed by atoms with E-state index in [-0.39, 0.29) is 12.1 Å². The first-order valence-electron chi connectivity index (χ1n) is 10.3. The largest absolute Gasteiger partial charge is 0.389 e. The minimum atomic E-state index is -0.550. The van der Waals surface area contributed by atoms with Crippen LogP contribution in [0.1, 0.15) is 37.1 Å². The molecule has 1 aliphatic rings. The fraction of sp³-hybridized carbons (Fsp3) is 0.524.